The van der Waals surface area contributed by atoms with Crippen molar-refractivity contribution in [1.29, 1.82) is 5.26 Å². The highest BCUT2D eigenvalue weighted by molar-refractivity contribution is 7.11. The highest BCUT2D eigenvalue weighted by atomic mass is 32.1. The van der Waals surface area contributed by atoms with Gasteiger partial charge in [-0.05, 0) is 42.0 Å². The Kier molecular flexibility index (Phi) is 7.00. The van der Waals surface area contributed by atoms with E-state index < -0.39 is 0 Å². The Labute approximate surface area is 185 Å². The minimum Gasteiger partial charge on any atom is -0.493 e. The van der Waals surface area contributed by atoms with Crippen LogP contribution in [-0.2, 0) is 0 Å². The summed E-state index contributed by atoms with van der Waals surface area (Å²) in [5, 5.41) is 12.2. The lowest BCUT2D eigenvalue weighted by atomic mass is 10.1. The van der Waals surface area contributed by atoms with E-state index >= 15 is 0 Å². The summed E-state index contributed by atoms with van der Waals surface area (Å²) >= 11 is 1.39. The van der Waals surface area contributed by atoms with Crippen molar-refractivity contribution in [3.8, 4) is 46.1 Å². The number of nitrogens with zero attached hydrogens (tertiary/aromatic N) is 2. The number of rotatable bonds is 8. The smallest absolute Gasteiger partial charge is 0.203 e. The maximum atomic E-state index is 9.75. The first kappa shape index (κ1) is 22.0. The van der Waals surface area contributed by atoms with Crippen molar-refractivity contribution >= 4 is 23.0 Å². The Morgan fingerprint density at radius 2 is 1.52 bits per heavy atom. The molecule has 0 fully saturated rings. The highest BCUT2D eigenvalue weighted by Gasteiger charge is 2.15. The van der Waals surface area contributed by atoms with Crippen LogP contribution >= 0.6 is 11.3 Å². The zero-order valence-electron chi connectivity index (χ0n) is 17.9. The summed E-state index contributed by atoms with van der Waals surface area (Å²) < 4.78 is 26.8. The molecule has 3 rings (SSSR count). The van der Waals surface area contributed by atoms with Gasteiger partial charge in [-0.25, -0.2) is 4.98 Å². The highest BCUT2D eigenvalue weighted by Crippen LogP contribution is 2.39. The minimum absolute atomic E-state index is 0.422. The van der Waals surface area contributed by atoms with Crippen LogP contribution in [0.3, 0.4) is 0 Å². The molecule has 31 heavy (non-hydrogen) atoms. The number of allylic oxidation sites excluding steroid dienone is 1. The molecule has 8 heteroatoms. The Morgan fingerprint density at radius 1 is 0.871 bits per heavy atom. The summed E-state index contributed by atoms with van der Waals surface area (Å²) in [6.45, 7) is 0. The molecule has 0 atom stereocenters. The molecule has 0 amide bonds. The molecule has 0 bridgehead atoms. The van der Waals surface area contributed by atoms with Gasteiger partial charge in [0.1, 0.15) is 11.1 Å². The second-order valence-electron chi connectivity index (χ2n) is 6.24. The fourth-order valence-electron chi connectivity index (χ4n) is 3.02. The summed E-state index contributed by atoms with van der Waals surface area (Å²) in [6.07, 6.45) is 1.74. The van der Waals surface area contributed by atoms with Crippen LogP contribution in [0.1, 0.15) is 10.6 Å². The van der Waals surface area contributed by atoms with Gasteiger partial charge in [0.05, 0.1) is 46.8 Å². The molecule has 0 aliphatic rings. The van der Waals surface area contributed by atoms with Gasteiger partial charge >= 0.3 is 0 Å². The first-order valence-corrected chi connectivity index (χ1v) is 10.1. The van der Waals surface area contributed by atoms with Crippen LogP contribution in [-0.4, -0.2) is 40.5 Å². The molecular formula is C23H22N2O5S. The lowest BCUT2D eigenvalue weighted by Crippen LogP contribution is -1.95. The molecular weight excluding hydrogens is 416 g/mol. The number of benzene rings is 2. The van der Waals surface area contributed by atoms with Gasteiger partial charge in [-0.2, -0.15) is 5.26 Å². The Balaban J connectivity index is 1.99. The number of thiazole rings is 1. The van der Waals surface area contributed by atoms with Gasteiger partial charge in [0.2, 0.25) is 5.75 Å². The number of hydrogen-bond donors (Lipinski definition) is 0. The molecule has 0 unspecified atom stereocenters. The van der Waals surface area contributed by atoms with Crippen molar-refractivity contribution < 1.29 is 23.7 Å². The molecule has 0 N–H and O–H groups in total. The van der Waals surface area contributed by atoms with E-state index in [-0.39, 0.29) is 0 Å². The quantitative estimate of drug-likeness (QED) is 0.462. The van der Waals surface area contributed by atoms with Crippen LogP contribution in [0, 0.1) is 11.3 Å². The first-order chi connectivity index (χ1) is 15.1. The van der Waals surface area contributed by atoms with Crippen molar-refractivity contribution in [3.63, 3.8) is 0 Å². The molecule has 0 saturated carbocycles. The average molecular weight is 439 g/mol. The SMILES string of the molecule is COc1ccc(-c2csc(C(C#N)=Cc3cc(OC)c(OC)c(OC)c3)n2)cc1OC. The molecule has 0 aliphatic carbocycles. The maximum Gasteiger partial charge on any atom is 0.203 e. The minimum atomic E-state index is 0.422. The zero-order valence-corrected chi connectivity index (χ0v) is 18.7. The fourth-order valence-corrected chi connectivity index (χ4v) is 3.81. The summed E-state index contributed by atoms with van der Waals surface area (Å²) in [4.78, 5) is 4.64. The molecule has 3 aromatic rings. The molecule has 1 heterocycles. The first-order valence-electron chi connectivity index (χ1n) is 9.18. The maximum absolute atomic E-state index is 9.75. The molecule has 0 saturated heterocycles. The standard InChI is InChI=1S/C23H22N2O5S/c1-26-18-7-6-15(11-19(18)27-2)17-13-31-23(25-17)16(12-24)8-14-9-20(28-3)22(30-5)21(10-14)29-4/h6-11,13H,1-5H3. The summed E-state index contributed by atoms with van der Waals surface area (Å²) in [7, 11) is 7.81. The number of hydrogen-bond acceptors (Lipinski definition) is 8. The molecule has 0 radical (unpaired) electrons. The third-order valence-electron chi connectivity index (χ3n) is 4.53. The van der Waals surface area contributed by atoms with Crippen molar-refractivity contribution in [2.75, 3.05) is 35.5 Å². The van der Waals surface area contributed by atoms with E-state index in [0.717, 1.165) is 16.8 Å². The Hall–Kier alpha value is -3.70. The van der Waals surface area contributed by atoms with Gasteiger partial charge in [-0.3, -0.25) is 0 Å². The molecule has 0 aliphatic heterocycles. The van der Waals surface area contributed by atoms with Crippen LogP contribution in [0.2, 0.25) is 0 Å². The topological polar surface area (TPSA) is 82.8 Å². The van der Waals surface area contributed by atoms with Gasteiger partial charge in [-0.1, -0.05) is 0 Å². The molecule has 7 nitrogen and oxygen atoms in total. The molecule has 1 aromatic heterocycles. The Bertz CT molecular complexity index is 1120. The van der Waals surface area contributed by atoms with Crippen LogP contribution < -0.4 is 23.7 Å². The van der Waals surface area contributed by atoms with E-state index in [2.05, 4.69) is 11.1 Å². The average Bonchev–Trinajstić information content (AvgIpc) is 3.31. The van der Waals surface area contributed by atoms with Gasteiger partial charge in [0, 0.05) is 10.9 Å². The number of nitriles is 1. The number of aromatic nitrogens is 1. The Morgan fingerprint density at radius 3 is 2.06 bits per heavy atom. The van der Waals surface area contributed by atoms with Crippen molar-refractivity contribution in [2.24, 2.45) is 0 Å². The largest absolute Gasteiger partial charge is 0.493 e. The number of methoxy groups -OCH3 is 5. The van der Waals surface area contributed by atoms with E-state index in [1.165, 1.54) is 11.3 Å². The van der Waals surface area contributed by atoms with Crippen LogP contribution in [0.15, 0.2) is 35.7 Å². The van der Waals surface area contributed by atoms with E-state index in [0.29, 0.717) is 39.3 Å². The number of ether oxygens (including phenoxy) is 5. The van der Waals surface area contributed by atoms with Gasteiger partial charge in [0.15, 0.2) is 23.0 Å². The third kappa shape index (κ3) is 4.57. The van der Waals surface area contributed by atoms with Gasteiger partial charge < -0.3 is 23.7 Å². The molecule has 2 aromatic carbocycles. The van der Waals surface area contributed by atoms with E-state index in [4.69, 9.17) is 23.7 Å². The van der Waals surface area contributed by atoms with E-state index in [1.54, 1.807) is 53.8 Å². The summed E-state index contributed by atoms with van der Waals surface area (Å²) in [5.41, 5.74) is 2.76. The lowest BCUT2D eigenvalue weighted by Gasteiger charge is -2.13. The zero-order chi connectivity index (χ0) is 22.4. The van der Waals surface area contributed by atoms with Crippen molar-refractivity contribution in [3.05, 3.63) is 46.3 Å². The van der Waals surface area contributed by atoms with E-state index in [9.17, 15) is 5.26 Å². The third-order valence-corrected chi connectivity index (χ3v) is 5.41. The second-order valence-corrected chi connectivity index (χ2v) is 7.09. The van der Waals surface area contributed by atoms with Gasteiger partial charge in [-0.15, -0.1) is 11.3 Å². The summed E-state index contributed by atoms with van der Waals surface area (Å²) in [5.74, 6) is 2.77. The van der Waals surface area contributed by atoms with E-state index in [1.807, 2.05) is 23.6 Å². The van der Waals surface area contributed by atoms with Crippen LogP contribution in [0.4, 0.5) is 0 Å². The summed E-state index contributed by atoms with van der Waals surface area (Å²) in [6, 6.07) is 11.4. The monoisotopic (exact) mass is 438 g/mol. The van der Waals surface area contributed by atoms with Crippen molar-refractivity contribution in [2.45, 2.75) is 0 Å². The predicted octanol–water partition coefficient (Wildman–Crippen LogP) is 4.92. The molecule has 160 valence electrons. The van der Waals surface area contributed by atoms with Crippen LogP contribution in [0.5, 0.6) is 28.7 Å². The van der Waals surface area contributed by atoms with Crippen molar-refractivity contribution in [1.82, 2.24) is 4.98 Å². The normalized spacial score (nSPS) is 10.9. The second kappa shape index (κ2) is 9.87. The van der Waals surface area contributed by atoms with Crippen LogP contribution in [0.25, 0.3) is 22.9 Å². The van der Waals surface area contributed by atoms with Gasteiger partial charge in [0.25, 0.3) is 0 Å². The fraction of sp³-hybridized carbons (Fsp3) is 0.217. The lowest BCUT2D eigenvalue weighted by molar-refractivity contribution is 0.324. The molecule has 0 spiro atoms. The predicted molar refractivity (Wildman–Crippen MR) is 120 cm³/mol.